The number of aliphatic hydroxyl groups excluding tert-OH is 1. The predicted molar refractivity (Wildman–Crippen MR) is 76.2 cm³/mol. The molecular weight excluding hydrogens is 254 g/mol. The van der Waals surface area contributed by atoms with Crippen LogP contribution in [0.1, 0.15) is 52.9 Å². The molecule has 2 N–H and O–H groups in total. The second-order valence-corrected chi connectivity index (χ2v) is 8.30. The summed E-state index contributed by atoms with van der Waals surface area (Å²) in [7, 11) is 0. The minimum Gasteiger partial charge on any atom is -0.444 e. The van der Waals surface area contributed by atoms with Crippen molar-refractivity contribution in [1.82, 2.24) is 5.32 Å². The Balaban J connectivity index is 1.67. The molecule has 0 spiro atoms. The molecule has 20 heavy (non-hydrogen) atoms. The largest absolute Gasteiger partial charge is 0.444 e. The summed E-state index contributed by atoms with van der Waals surface area (Å²) in [5.74, 6) is 1.82. The third-order valence-electron chi connectivity index (χ3n) is 5.42. The maximum Gasteiger partial charge on any atom is 0.407 e. The van der Waals surface area contributed by atoms with E-state index in [0.29, 0.717) is 18.4 Å². The third kappa shape index (κ3) is 2.54. The van der Waals surface area contributed by atoms with Gasteiger partial charge in [-0.2, -0.15) is 0 Å². The zero-order chi connectivity index (χ0) is 14.5. The van der Waals surface area contributed by atoms with Crippen LogP contribution < -0.4 is 5.32 Å². The summed E-state index contributed by atoms with van der Waals surface area (Å²) in [5.41, 5.74) is -0.287. The van der Waals surface area contributed by atoms with Crippen LogP contribution in [-0.4, -0.2) is 29.4 Å². The van der Waals surface area contributed by atoms with E-state index in [1.54, 1.807) is 0 Å². The van der Waals surface area contributed by atoms with E-state index in [9.17, 15) is 9.90 Å². The van der Waals surface area contributed by atoms with Crippen molar-refractivity contribution >= 4 is 6.09 Å². The van der Waals surface area contributed by atoms with Crippen LogP contribution in [0.2, 0.25) is 0 Å². The standard InChI is InChI=1S/C16H27NO3/c1-15(2,3)20-14(19)17-13-11-4-10-5-12(13)8-16(6-10,7-11)9-18/h10-13,18H,4-9H2,1-3H3,(H,17,19)/t10?,11-,12+,13?,16?. The van der Waals surface area contributed by atoms with Gasteiger partial charge in [0.25, 0.3) is 0 Å². The first-order chi connectivity index (χ1) is 9.30. The molecule has 0 aliphatic heterocycles. The van der Waals surface area contributed by atoms with Crippen molar-refractivity contribution in [3.63, 3.8) is 0 Å². The van der Waals surface area contributed by atoms with Gasteiger partial charge in [0.2, 0.25) is 0 Å². The normalized spacial score (nSPS) is 42.6. The molecule has 4 rings (SSSR count). The summed E-state index contributed by atoms with van der Waals surface area (Å²) in [6.45, 7) is 5.99. The van der Waals surface area contributed by atoms with Gasteiger partial charge in [0.15, 0.2) is 0 Å². The van der Waals surface area contributed by atoms with Crippen molar-refractivity contribution in [1.29, 1.82) is 0 Å². The van der Waals surface area contributed by atoms with E-state index in [4.69, 9.17) is 4.74 Å². The number of hydrogen-bond donors (Lipinski definition) is 2. The smallest absolute Gasteiger partial charge is 0.407 e. The van der Waals surface area contributed by atoms with E-state index >= 15 is 0 Å². The highest BCUT2D eigenvalue weighted by atomic mass is 16.6. The van der Waals surface area contributed by atoms with Crippen LogP contribution in [0.4, 0.5) is 4.79 Å². The van der Waals surface area contributed by atoms with Crippen LogP contribution in [0.25, 0.3) is 0 Å². The van der Waals surface area contributed by atoms with Gasteiger partial charge in [-0.15, -0.1) is 0 Å². The van der Waals surface area contributed by atoms with Crippen LogP contribution in [0.5, 0.6) is 0 Å². The molecule has 4 bridgehead atoms. The lowest BCUT2D eigenvalue weighted by Gasteiger charge is -2.59. The Morgan fingerprint density at radius 1 is 1.25 bits per heavy atom. The van der Waals surface area contributed by atoms with Crippen LogP contribution in [0.15, 0.2) is 0 Å². The zero-order valence-electron chi connectivity index (χ0n) is 12.8. The number of rotatable bonds is 2. The fourth-order valence-corrected chi connectivity index (χ4v) is 5.07. The number of carbonyl (C=O) groups is 1. The van der Waals surface area contributed by atoms with E-state index in [2.05, 4.69) is 5.32 Å². The van der Waals surface area contributed by atoms with Crippen molar-refractivity contribution in [3.8, 4) is 0 Å². The van der Waals surface area contributed by atoms with Gasteiger partial charge in [-0.1, -0.05) is 0 Å². The summed E-state index contributed by atoms with van der Waals surface area (Å²) in [4.78, 5) is 12.0. The Hall–Kier alpha value is -0.770. The molecule has 4 aliphatic carbocycles. The van der Waals surface area contributed by atoms with Crippen LogP contribution in [-0.2, 0) is 4.74 Å². The highest BCUT2D eigenvalue weighted by molar-refractivity contribution is 5.68. The highest BCUT2D eigenvalue weighted by Crippen LogP contribution is 2.59. The predicted octanol–water partition coefficient (Wildman–Crippen LogP) is 2.70. The Bertz CT molecular complexity index is 385. The fourth-order valence-electron chi connectivity index (χ4n) is 5.07. The third-order valence-corrected chi connectivity index (χ3v) is 5.42. The minimum absolute atomic E-state index is 0.155. The Morgan fingerprint density at radius 3 is 2.35 bits per heavy atom. The van der Waals surface area contributed by atoms with Crippen LogP contribution in [0, 0.1) is 23.2 Å². The van der Waals surface area contributed by atoms with E-state index in [0.717, 1.165) is 18.8 Å². The SMILES string of the molecule is CC(C)(C)OC(=O)NC1[C@@H]2CC3C[C@H]1CC(CO)(C3)C2. The summed E-state index contributed by atoms with van der Waals surface area (Å²) >= 11 is 0. The number of carbonyl (C=O) groups excluding carboxylic acids is 1. The number of aliphatic hydroxyl groups is 1. The molecule has 0 radical (unpaired) electrons. The molecule has 3 unspecified atom stereocenters. The second kappa shape index (κ2) is 4.62. The van der Waals surface area contributed by atoms with Crippen molar-refractivity contribution in [2.75, 3.05) is 6.61 Å². The summed E-state index contributed by atoms with van der Waals surface area (Å²) in [5, 5.41) is 12.9. The Morgan fingerprint density at radius 2 is 1.85 bits per heavy atom. The zero-order valence-corrected chi connectivity index (χ0v) is 12.8. The minimum atomic E-state index is -0.442. The first-order valence-corrected chi connectivity index (χ1v) is 7.91. The van der Waals surface area contributed by atoms with Gasteiger partial charge in [0.1, 0.15) is 5.60 Å². The average Bonchev–Trinajstić information content (AvgIpc) is 2.31. The molecule has 0 aromatic rings. The van der Waals surface area contributed by atoms with E-state index in [-0.39, 0.29) is 17.6 Å². The van der Waals surface area contributed by atoms with Crippen molar-refractivity contribution in [3.05, 3.63) is 0 Å². The lowest BCUT2D eigenvalue weighted by atomic mass is 9.48. The summed E-state index contributed by atoms with van der Waals surface area (Å²) in [6, 6.07) is 0.251. The molecule has 4 saturated carbocycles. The monoisotopic (exact) mass is 281 g/mol. The van der Waals surface area contributed by atoms with E-state index in [1.807, 2.05) is 20.8 Å². The van der Waals surface area contributed by atoms with E-state index in [1.165, 1.54) is 19.3 Å². The first-order valence-electron chi connectivity index (χ1n) is 7.91. The maximum absolute atomic E-state index is 12.0. The lowest BCUT2D eigenvalue weighted by Crippen LogP contribution is -2.60. The van der Waals surface area contributed by atoms with Gasteiger partial charge < -0.3 is 15.2 Å². The van der Waals surface area contributed by atoms with E-state index < -0.39 is 5.60 Å². The van der Waals surface area contributed by atoms with Gasteiger partial charge in [-0.3, -0.25) is 0 Å². The van der Waals surface area contributed by atoms with Gasteiger partial charge in [0, 0.05) is 12.6 Å². The number of nitrogens with one attached hydrogen (secondary N) is 1. The van der Waals surface area contributed by atoms with Crippen LogP contribution in [0.3, 0.4) is 0 Å². The van der Waals surface area contributed by atoms with Gasteiger partial charge in [0.05, 0.1) is 0 Å². The molecule has 0 aromatic carbocycles. The molecule has 0 heterocycles. The number of ether oxygens (including phenoxy) is 1. The van der Waals surface area contributed by atoms with Crippen molar-refractivity contribution in [2.24, 2.45) is 23.2 Å². The second-order valence-electron chi connectivity index (χ2n) is 8.30. The van der Waals surface area contributed by atoms with Gasteiger partial charge in [-0.05, 0) is 76.0 Å². The molecule has 4 nitrogen and oxygen atoms in total. The van der Waals surface area contributed by atoms with Gasteiger partial charge in [-0.25, -0.2) is 4.79 Å². The molecule has 0 saturated heterocycles. The maximum atomic E-state index is 12.0. The Labute approximate surface area is 121 Å². The summed E-state index contributed by atoms with van der Waals surface area (Å²) in [6.07, 6.45) is 5.45. The van der Waals surface area contributed by atoms with Crippen molar-refractivity contribution in [2.45, 2.75) is 64.5 Å². The molecule has 4 fully saturated rings. The molecule has 114 valence electrons. The molecule has 1 amide bonds. The molecule has 5 atom stereocenters. The number of alkyl carbamates (subject to hydrolysis) is 1. The quantitative estimate of drug-likeness (QED) is 0.818. The Kier molecular flexibility index (Phi) is 3.27. The topological polar surface area (TPSA) is 58.6 Å². The first kappa shape index (κ1) is 14.2. The van der Waals surface area contributed by atoms with Gasteiger partial charge >= 0.3 is 6.09 Å². The molecule has 0 aromatic heterocycles. The lowest BCUT2D eigenvalue weighted by molar-refractivity contribution is -0.0990. The molecule has 4 aliphatic rings. The average molecular weight is 281 g/mol. The van der Waals surface area contributed by atoms with Crippen LogP contribution >= 0.6 is 0 Å². The fraction of sp³-hybridized carbons (Fsp3) is 0.938. The number of hydrogen-bond acceptors (Lipinski definition) is 3. The molecular formula is C16H27NO3. The highest BCUT2D eigenvalue weighted by Gasteiger charge is 2.55. The molecule has 4 heteroatoms. The van der Waals surface area contributed by atoms with Crippen molar-refractivity contribution < 1.29 is 14.6 Å². The summed E-state index contributed by atoms with van der Waals surface area (Å²) < 4.78 is 5.40. The number of amides is 1.